The van der Waals surface area contributed by atoms with E-state index in [4.69, 9.17) is 11.6 Å². The van der Waals surface area contributed by atoms with Crippen LogP contribution in [0.25, 0.3) is 22.4 Å². The van der Waals surface area contributed by atoms with Gasteiger partial charge < -0.3 is 0 Å². The van der Waals surface area contributed by atoms with E-state index in [0.717, 1.165) is 9.99 Å². The van der Waals surface area contributed by atoms with Gasteiger partial charge in [0.25, 0.3) is 5.56 Å². The maximum absolute atomic E-state index is 13.0. The number of aromatic nitrogens is 4. The summed E-state index contributed by atoms with van der Waals surface area (Å²) in [4.78, 5) is 13.0. The van der Waals surface area contributed by atoms with Gasteiger partial charge in [-0.05, 0) is 30.3 Å². The van der Waals surface area contributed by atoms with Crippen LogP contribution in [0.3, 0.4) is 0 Å². The third-order valence-electron chi connectivity index (χ3n) is 3.68. The number of halogens is 2. The maximum atomic E-state index is 13.0. The van der Waals surface area contributed by atoms with Crippen molar-refractivity contribution < 1.29 is 0 Å². The van der Waals surface area contributed by atoms with Crippen molar-refractivity contribution in [3.05, 3.63) is 69.2 Å². The molecule has 0 radical (unpaired) electrons. The van der Waals surface area contributed by atoms with Crippen LogP contribution in [0.4, 0.5) is 0 Å². The van der Waals surface area contributed by atoms with Crippen LogP contribution in [0.1, 0.15) is 5.82 Å². The van der Waals surface area contributed by atoms with Crippen molar-refractivity contribution in [1.29, 1.82) is 0 Å². The lowest BCUT2D eigenvalue weighted by atomic mass is 10.2. The molecule has 2 aromatic carbocycles. The quantitative estimate of drug-likeness (QED) is 0.493. The molecule has 0 aliphatic rings. The van der Waals surface area contributed by atoms with Gasteiger partial charge in [0, 0.05) is 4.47 Å². The van der Waals surface area contributed by atoms with Crippen LogP contribution >= 0.6 is 27.5 Å². The van der Waals surface area contributed by atoms with Crippen molar-refractivity contribution in [2.24, 2.45) is 0 Å². The molecular formula is C16H10BrClN4O. The number of rotatable bonds is 2. The highest BCUT2D eigenvalue weighted by atomic mass is 79.9. The van der Waals surface area contributed by atoms with Crippen molar-refractivity contribution in [2.45, 2.75) is 5.88 Å². The van der Waals surface area contributed by atoms with E-state index in [2.05, 4.69) is 26.1 Å². The summed E-state index contributed by atoms with van der Waals surface area (Å²) in [5, 5.41) is 8.89. The number of alkyl halides is 1. The largest absolute Gasteiger partial charge is 0.268 e. The summed E-state index contributed by atoms with van der Waals surface area (Å²) in [6.07, 6.45) is 0. The van der Waals surface area contributed by atoms with Gasteiger partial charge in [-0.15, -0.1) is 21.8 Å². The van der Waals surface area contributed by atoms with Crippen LogP contribution < -0.4 is 5.56 Å². The second-order valence-electron chi connectivity index (χ2n) is 5.02. The van der Waals surface area contributed by atoms with Gasteiger partial charge in [0.05, 0.1) is 22.5 Å². The van der Waals surface area contributed by atoms with Crippen molar-refractivity contribution in [2.75, 3.05) is 0 Å². The Morgan fingerprint density at radius 1 is 1.09 bits per heavy atom. The van der Waals surface area contributed by atoms with E-state index in [1.165, 1.54) is 0 Å². The standard InChI is InChI=1S/C16H10BrClN4O/c17-10-4-3-5-11(8-10)21-15(23)12-6-1-2-7-13(12)22-14(9-18)19-20-16(21)22/h1-8H,9H2. The second kappa shape index (κ2) is 5.47. The second-order valence-corrected chi connectivity index (χ2v) is 6.21. The average Bonchev–Trinajstić information content (AvgIpc) is 2.99. The number of fused-ring (bicyclic) bond motifs is 3. The Kier molecular flexibility index (Phi) is 3.43. The van der Waals surface area contributed by atoms with Gasteiger partial charge in [0.2, 0.25) is 5.78 Å². The third-order valence-corrected chi connectivity index (χ3v) is 4.41. The fraction of sp³-hybridized carbons (Fsp3) is 0.0625. The number of para-hydroxylation sites is 1. The van der Waals surface area contributed by atoms with E-state index in [1.54, 1.807) is 10.6 Å². The maximum Gasteiger partial charge on any atom is 0.267 e. The smallest absolute Gasteiger partial charge is 0.267 e. The lowest BCUT2D eigenvalue weighted by Gasteiger charge is -2.11. The summed E-state index contributed by atoms with van der Waals surface area (Å²) in [6.45, 7) is 0. The van der Waals surface area contributed by atoms with Crippen molar-refractivity contribution in [1.82, 2.24) is 19.2 Å². The molecule has 0 bridgehead atoms. The summed E-state index contributed by atoms with van der Waals surface area (Å²) < 4.78 is 4.26. The van der Waals surface area contributed by atoms with Gasteiger partial charge >= 0.3 is 0 Å². The first kappa shape index (κ1) is 14.4. The van der Waals surface area contributed by atoms with Gasteiger partial charge in [-0.1, -0.05) is 34.1 Å². The summed E-state index contributed by atoms with van der Waals surface area (Å²) in [5.41, 5.74) is 1.33. The Morgan fingerprint density at radius 3 is 2.70 bits per heavy atom. The van der Waals surface area contributed by atoms with Gasteiger partial charge in [0.1, 0.15) is 0 Å². The Morgan fingerprint density at radius 2 is 1.91 bits per heavy atom. The Bertz CT molecular complexity index is 1100. The first-order chi connectivity index (χ1) is 11.2. The van der Waals surface area contributed by atoms with Crippen molar-refractivity contribution in [3.8, 4) is 5.69 Å². The molecule has 0 unspecified atom stereocenters. The van der Waals surface area contributed by atoms with Crippen LogP contribution in [0.15, 0.2) is 57.8 Å². The van der Waals surface area contributed by atoms with E-state index in [1.807, 2.05) is 46.9 Å². The molecule has 114 valence electrons. The third kappa shape index (κ3) is 2.17. The molecule has 0 saturated heterocycles. The van der Waals surface area contributed by atoms with Crippen molar-refractivity contribution in [3.63, 3.8) is 0 Å². The molecule has 0 amide bonds. The normalized spacial score (nSPS) is 11.4. The first-order valence-corrected chi connectivity index (χ1v) is 8.23. The number of benzene rings is 2. The Labute approximate surface area is 144 Å². The lowest BCUT2D eigenvalue weighted by molar-refractivity contribution is 0.962. The predicted molar refractivity (Wildman–Crippen MR) is 93.3 cm³/mol. The number of nitrogens with zero attached hydrogens (tertiary/aromatic N) is 4. The molecular weight excluding hydrogens is 380 g/mol. The molecule has 5 nitrogen and oxygen atoms in total. The molecule has 7 heteroatoms. The molecule has 0 aliphatic carbocycles. The summed E-state index contributed by atoms with van der Waals surface area (Å²) in [7, 11) is 0. The highest BCUT2D eigenvalue weighted by molar-refractivity contribution is 9.10. The minimum atomic E-state index is -0.139. The molecule has 4 aromatic rings. The Balaban J connectivity index is 2.25. The SMILES string of the molecule is O=c1c2ccccc2n2c(CCl)nnc2n1-c1cccc(Br)c1. The molecule has 0 fully saturated rings. The summed E-state index contributed by atoms with van der Waals surface area (Å²) >= 11 is 9.43. The van der Waals surface area contributed by atoms with E-state index in [9.17, 15) is 4.79 Å². The summed E-state index contributed by atoms with van der Waals surface area (Å²) in [5.74, 6) is 1.26. The molecule has 2 heterocycles. The van der Waals surface area contributed by atoms with Gasteiger partial charge in [0.15, 0.2) is 5.82 Å². The molecule has 0 atom stereocenters. The van der Waals surface area contributed by atoms with Gasteiger partial charge in [-0.3, -0.25) is 9.20 Å². The van der Waals surface area contributed by atoms with Crippen LogP contribution in [0, 0.1) is 0 Å². The van der Waals surface area contributed by atoms with Crippen LogP contribution in [-0.2, 0) is 5.88 Å². The molecule has 4 rings (SSSR count). The monoisotopic (exact) mass is 388 g/mol. The van der Waals surface area contributed by atoms with E-state index < -0.39 is 0 Å². The predicted octanol–water partition coefficient (Wildman–Crippen LogP) is 3.53. The van der Waals surface area contributed by atoms with E-state index >= 15 is 0 Å². The topological polar surface area (TPSA) is 52.2 Å². The average molecular weight is 390 g/mol. The highest BCUT2D eigenvalue weighted by Gasteiger charge is 2.16. The Hall–Kier alpha value is -2.18. The number of hydrogen-bond acceptors (Lipinski definition) is 3. The summed E-state index contributed by atoms with van der Waals surface area (Å²) in [6, 6.07) is 14.9. The van der Waals surface area contributed by atoms with Crippen molar-refractivity contribution >= 4 is 44.2 Å². The molecule has 0 spiro atoms. The fourth-order valence-electron chi connectivity index (χ4n) is 2.69. The molecule has 0 N–H and O–H groups in total. The zero-order chi connectivity index (χ0) is 16.0. The molecule has 23 heavy (non-hydrogen) atoms. The fourth-order valence-corrected chi connectivity index (χ4v) is 3.25. The van der Waals surface area contributed by atoms with Crippen LogP contribution in [0.5, 0.6) is 0 Å². The zero-order valence-corrected chi connectivity index (χ0v) is 14.1. The van der Waals surface area contributed by atoms with Gasteiger partial charge in [-0.2, -0.15) is 0 Å². The van der Waals surface area contributed by atoms with E-state index in [-0.39, 0.29) is 11.4 Å². The molecule has 2 aromatic heterocycles. The van der Waals surface area contributed by atoms with E-state index in [0.29, 0.717) is 22.7 Å². The zero-order valence-electron chi connectivity index (χ0n) is 11.8. The number of hydrogen-bond donors (Lipinski definition) is 0. The lowest BCUT2D eigenvalue weighted by Crippen LogP contribution is -2.22. The molecule has 0 saturated carbocycles. The first-order valence-electron chi connectivity index (χ1n) is 6.90. The van der Waals surface area contributed by atoms with Crippen LogP contribution in [-0.4, -0.2) is 19.2 Å². The van der Waals surface area contributed by atoms with Crippen LogP contribution in [0.2, 0.25) is 0 Å². The minimum Gasteiger partial charge on any atom is -0.268 e. The van der Waals surface area contributed by atoms with Gasteiger partial charge in [-0.25, -0.2) is 4.57 Å². The highest BCUT2D eigenvalue weighted by Crippen LogP contribution is 2.20. The minimum absolute atomic E-state index is 0.139. The molecule has 0 aliphatic heterocycles.